The zero-order valence-electron chi connectivity index (χ0n) is 13.6. The van der Waals surface area contributed by atoms with Gasteiger partial charge in [0, 0.05) is 25.8 Å². The minimum absolute atomic E-state index is 0.358. The minimum atomic E-state index is -0.444. The fourth-order valence-corrected chi connectivity index (χ4v) is 1.87. The molecule has 1 amide bonds. The monoisotopic (exact) mass is 296 g/mol. The molecule has 21 heavy (non-hydrogen) atoms. The van der Waals surface area contributed by atoms with Crippen LogP contribution in [0.4, 0.5) is 4.79 Å². The molecule has 0 bridgehead atoms. The Labute approximate surface area is 127 Å². The molecule has 0 saturated heterocycles. The van der Waals surface area contributed by atoms with Gasteiger partial charge in [-0.25, -0.2) is 9.78 Å². The second-order valence-electron chi connectivity index (χ2n) is 6.04. The molecule has 0 atom stereocenters. The smallest absolute Gasteiger partial charge is 0.407 e. The largest absolute Gasteiger partial charge is 0.444 e. The normalized spacial score (nSPS) is 11.4. The molecule has 0 saturated carbocycles. The van der Waals surface area contributed by atoms with Crippen LogP contribution in [0.1, 0.15) is 46.2 Å². The van der Waals surface area contributed by atoms with Crippen LogP contribution in [0.3, 0.4) is 0 Å². The third-order valence-corrected chi connectivity index (χ3v) is 2.77. The highest BCUT2D eigenvalue weighted by Crippen LogP contribution is 2.06. The molecule has 0 radical (unpaired) electrons. The molecule has 0 aliphatic rings. The summed E-state index contributed by atoms with van der Waals surface area (Å²) in [5.41, 5.74) is 0.747. The van der Waals surface area contributed by atoms with Gasteiger partial charge in [0.15, 0.2) is 0 Å². The first-order valence-corrected chi connectivity index (χ1v) is 7.59. The predicted molar refractivity (Wildman–Crippen MR) is 83.1 cm³/mol. The Hall–Kier alpha value is -1.56. The van der Waals surface area contributed by atoms with Crippen LogP contribution in [-0.4, -0.2) is 34.3 Å². The van der Waals surface area contributed by atoms with E-state index in [4.69, 9.17) is 4.74 Å². The number of rotatable bonds is 8. The van der Waals surface area contributed by atoms with Gasteiger partial charge in [-0.3, -0.25) is 0 Å². The van der Waals surface area contributed by atoms with E-state index >= 15 is 0 Å². The molecule has 0 spiro atoms. The summed E-state index contributed by atoms with van der Waals surface area (Å²) in [5, 5.41) is 6.10. The number of alkyl carbamates (subject to hydrolysis) is 1. The molecule has 120 valence electrons. The Bertz CT molecular complexity index is 424. The van der Waals surface area contributed by atoms with Crippen LogP contribution in [-0.2, 0) is 17.8 Å². The number of carbonyl (C=O) groups excluding carboxylic acids is 1. The topological polar surface area (TPSA) is 68.2 Å². The fourth-order valence-electron chi connectivity index (χ4n) is 1.87. The highest BCUT2D eigenvalue weighted by Gasteiger charge is 2.15. The Morgan fingerprint density at radius 3 is 2.81 bits per heavy atom. The average Bonchev–Trinajstić information content (AvgIpc) is 2.79. The molecule has 6 heteroatoms. The molecule has 1 aromatic heterocycles. The molecule has 1 rings (SSSR count). The second kappa shape index (κ2) is 8.67. The van der Waals surface area contributed by atoms with Crippen LogP contribution >= 0.6 is 0 Å². The molecular weight excluding hydrogens is 268 g/mol. The quantitative estimate of drug-likeness (QED) is 0.722. The second-order valence-corrected chi connectivity index (χ2v) is 6.04. The summed E-state index contributed by atoms with van der Waals surface area (Å²) in [6.07, 6.45) is 5.36. The van der Waals surface area contributed by atoms with Crippen LogP contribution < -0.4 is 10.6 Å². The van der Waals surface area contributed by atoms with Gasteiger partial charge in [-0.05, 0) is 40.2 Å². The summed E-state index contributed by atoms with van der Waals surface area (Å²) in [6.45, 7) is 11.0. The summed E-state index contributed by atoms with van der Waals surface area (Å²) in [6, 6.07) is 0. The van der Waals surface area contributed by atoms with E-state index in [1.54, 1.807) is 0 Å². The van der Waals surface area contributed by atoms with E-state index in [9.17, 15) is 4.79 Å². The Balaban J connectivity index is 2.09. The summed E-state index contributed by atoms with van der Waals surface area (Å²) in [4.78, 5) is 15.6. The first-order chi connectivity index (χ1) is 9.92. The molecule has 0 unspecified atom stereocenters. The number of imidazole rings is 1. The van der Waals surface area contributed by atoms with Gasteiger partial charge in [-0.15, -0.1) is 0 Å². The molecule has 0 fully saturated rings. The lowest BCUT2D eigenvalue weighted by atomic mass is 10.2. The summed E-state index contributed by atoms with van der Waals surface area (Å²) in [5.74, 6) is 0. The number of aromatic nitrogens is 2. The molecule has 0 aliphatic heterocycles. The minimum Gasteiger partial charge on any atom is -0.444 e. The maximum atomic E-state index is 11.4. The average molecular weight is 296 g/mol. The van der Waals surface area contributed by atoms with Gasteiger partial charge in [0.05, 0.1) is 12.0 Å². The Morgan fingerprint density at radius 2 is 2.14 bits per heavy atom. The van der Waals surface area contributed by atoms with Crippen molar-refractivity contribution in [1.82, 2.24) is 20.2 Å². The molecule has 0 aliphatic carbocycles. The summed E-state index contributed by atoms with van der Waals surface area (Å²) < 4.78 is 7.32. The number of amides is 1. The fraction of sp³-hybridized carbons (Fsp3) is 0.733. The first kappa shape index (κ1) is 17.5. The van der Waals surface area contributed by atoms with Gasteiger partial charge in [0.2, 0.25) is 0 Å². The van der Waals surface area contributed by atoms with Crippen molar-refractivity contribution >= 4 is 6.09 Å². The molecular formula is C15H28N4O2. The highest BCUT2D eigenvalue weighted by atomic mass is 16.6. The zero-order valence-corrected chi connectivity index (χ0v) is 13.6. The molecule has 1 aromatic rings. The number of nitrogens with one attached hydrogen (secondary N) is 2. The van der Waals surface area contributed by atoms with Gasteiger partial charge in [-0.2, -0.15) is 0 Å². The number of ether oxygens (including phenoxy) is 1. The number of hydrogen-bond donors (Lipinski definition) is 2. The van der Waals surface area contributed by atoms with E-state index in [-0.39, 0.29) is 6.09 Å². The maximum Gasteiger partial charge on any atom is 0.407 e. The van der Waals surface area contributed by atoms with E-state index in [1.165, 1.54) is 5.69 Å². The standard InChI is InChI=1S/C15H28N4O2/c1-5-9-19-12-17-11-13(19)10-16-7-6-8-18-14(20)21-15(2,3)4/h11-12,16H,5-10H2,1-4H3,(H,18,20). The van der Waals surface area contributed by atoms with Crippen molar-refractivity contribution in [1.29, 1.82) is 0 Å². The van der Waals surface area contributed by atoms with Crippen LogP contribution in [0.2, 0.25) is 0 Å². The van der Waals surface area contributed by atoms with Gasteiger partial charge in [-0.1, -0.05) is 6.92 Å². The summed E-state index contributed by atoms with van der Waals surface area (Å²) >= 11 is 0. The Morgan fingerprint density at radius 1 is 1.38 bits per heavy atom. The predicted octanol–water partition coefficient (Wildman–Crippen LogP) is 2.30. The van der Waals surface area contributed by atoms with E-state index < -0.39 is 5.60 Å². The highest BCUT2D eigenvalue weighted by molar-refractivity contribution is 5.67. The van der Waals surface area contributed by atoms with Gasteiger partial charge in [0.25, 0.3) is 0 Å². The molecule has 1 heterocycles. The molecule has 6 nitrogen and oxygen atoms in total. The number of hydrogen-bond acceptors (Lipinski definition) is 4. The lowest BCUT2D eigenvalue weighted by Crippen LogP contribution is -2.33. The van der Waals surface area contributed by atoms with Crippen molar-refractivity contribution < 1.29 is 9.53 Å². The van der Waals surface area contributed by atoms with E-state index in [1.807, 2.05) is 33.3 Å². The van der Waals surface area contributed by atoms with Gasteiger partial charge in [0.1, 0.15) is 5.60 Å². The van der Waals surface area contributed by atoms with Crippen molar-refractivity contribution in [3.05, 3.63) is 18.2 Å². The third kappa shape index (κ3) is 7.70. The van der Waals surface area contributed by atoms with Crippen LogP contribution in [0.25, 0.3) is 0 Å². The van der Waals surface area contributed by atoms with E-state index in [0.29, 0.717) is 6.54 Å². The number of nitrogens with zero attached hydrogens (tertiary/aromatic N) is 2. The van der Waals surface area contributed by atoms with Crippen molar-refractivity contribution in [2.75, 3.05) is 13.1 Å². The molecule has 0 aromatic carbocycles. The van der Waals surface area contributed by atoms with Crippen molar-refractivity contribution in [3.8, 4) is 0 Å². The van der Waals surface area contributed by atoms with Crippen LogP contribution in [0.5, 0.6) is 0 Å². The van der Waals surface area contributed by atoms with E-state index in [0.717, 1.165) is 32.5 Å². The van der Waals surface area contributed by atoms with Crippen LogP contribution in [0, 0.1) is 0 Å². The SMILES string of the molecule is CCCn1cncc1CNCCCNC(=O)OC(C)(C)C. The third-order valence-electron chi connectivity index (χ3n) is 2.77. The van der Waals surface area contributed by atoms with Gasteiger partial charge < -0.3 is 19.9 Å². The maximum absolute atomic E-state index is 11.4. The lowest BCUT2D eigenvalue weighted by Gasteiger charge is -2.19. The van der Waals surface area contributed by atoms with Crippen molar-refractivity contribution in [3.63, 3.8) is 0 Å². The molecule has 2 N–H and O–H groups in total. The first-order valence-electron chi connectivity index (χ1n) is 7.59. The van der Waals surface area contributed by atoms with E-state index in [2.05, 4.69) is 27.1 Å². The number of carbonyl (C=O) groups is 1. The van der Waals surface area contributed by atoms with Crippen molar-refractivity contribution in [2.24, 2.45) is 0 Å². The lowest BCUT2D eigenvalue weighted by molar-refractivity contribution is 0.0527. The Kier molecular flexibility index (Phi) is 7.22. The zero-order chi connectivity index (χ0) is 15.7. The van der Waals surface area contributed by atoms with Crippen molar-refractivity contribution in [2.45, 2.75) is 59.2 Å². The summed E-state index contributed by atoms with van der Waals surface area (Å²) in [7, 11) is 0. The number of aryl methyl sites for hydroxylation is 1. The van der Waals surface area contributed by atoms with Crippen LogP contribution in [0.15, 0.2) is 12.5 Å². The van der Waals surface area contributed by atoms with Gasteiger partial charge >= 0.3 is 6.09 Å².